The number of aromatic nitrogens is 4. The molecule has 0 bridgehead atoms. The molecule has 1 aliphatic rings. The number of aliphatic hydroxyl groups excluding tert-OH is 1. The van der Waals surface area contributed by atoms with Gasteiger partial charge in [-0.05, 0) is 43.9 Å². The van der Waals surface area contributed by atoms with Gasteiger partial charge in [0.1, 0.15) is 22.7 Å². The molecule has 3 aromatic rings. The quantitative estimate of drug-likeness (QED) is 0.581. The topological polar surface area (TPSA) is 113 Å². The number of fused-ring (bicyclic) bond motifs is 1. The van der Waals surface area contributed by atoms with Crippen LogP contribution in [0.25, 0.3) is 10.9 Å². The lowest BCUT2D eigenvalue weighted by atomic mass is 9.83. The molecule has 1 saturated carbocycles. The van der Waals surface area contributed by atoms with E-state index < -0.39 is 23.4 Å². The van der Waals surface area contributed by atoms with Crippen LogP contribution in [0.5, 0.6) is 0 Å². The maximum Gasteiger partial charge on any atom is 0.433 e. The minimum absolute atomic E-state index is 0.0616. The summed E-state index contributed by atoms with van der Waals surface area (Å²) < 4.78 is 40.2. The Balaban J connectivity index is 1.49. The molecule has 0 atom stereocenters. The summed E-state index contributed by atoms with van der Waals surface area (Å²) in [5.74, 6) is -0.643. The molecule has 3 heterocycles. The van der Waals surface area contributed by atoms with Gasteiger partial charge >= 0.3 is 6.18 Å². The molecule has 0 radical (unpaired) electrons. The van der Waals surface area contributed by atoms with E-state index in [1.807, 2.05) is 0 Å². The zero-order valence-electron chi connectivity index (χ0n) is 16.3. The predicted octanol–water partition coefficient (Wildman–Crippen LogP) is 2.94. The first kappa shape index (κ1) is 21.2. The summed E-state index contributed by atoms with van der Waals surface area (Å²) in [5.41, 5.74) is -1.96. The van der Waals surface area contributed by atoms with E-state index in [2.05, 4.69) is 20.4 Å². The second kappa shape index (κ2) is 7.89. The van der Waals surface area contributed by atoms with Crippen LogP contribution in [0.2, 0.25) is 0 Å². The SMILES string of the molecule is O=C(Nc1cc2cn([C@H]3CC[C@](O)(CO)CC3)nc2cn1)c1cccc(C(F)(F)F)n1. The lowest BCUT2D eigenvalue weighted by molar-refractivity contribution is -0.141. The number of hydrogen-bond acceptors (Lipinski definition) is 6. The van der Waals surface area contributed by atoms with E-state index in [0.29, 0.717) is 36.6 Å². The molecule has 0 unspecified atom stereocenters. The van der Waals surface area contributed by atoms with Crippen LogP contribution in [0.4, 0.5) is 19.0 Å². The van der Waals surface area contributed by atoms with E-state index in [0.717, 1.165) is 12.1 Å². The van der Waals surface area contributed by atoms with Gasteiger partial charge in [-0.25, -0.2) is 9.97 Å². The Morgan fingerprint density at radius 3 is 2.71 bits per heavy atom. The van der Waals surface area contributed by atoms with E-state index >= 15 is 0 Å². The predicted molar refractivity (Wildman–Crippen MR) is 104 cm³/mol. The number of anilines is 1. The van der Waals surface area contributed by atoms with Gasteiger partial charge in [0.15, 0.2) is 0 Å². The molecule has 0 aromatic carbocycles. The van der Waals surface area contributed by atoms with Crippen LogP contribution in [-0.4, -0.2) is 48.1 Å². The van der Waals surface area contributed by atoms with Crippen LogP contribution in [0, 0.1) is 0 Å². The number of carbonyl (C=O) groups excluding carboxylic acids is 1. The summed E-state index contributed by atoms with van der Waals surface area (Å²) in [6.45, 7) is -0.269. The maximum atomic E-state index is 12.8. The molecular formula is C20H20F3N5O3. The summed E-state index contributed by atoms with van der Waals surface area (Å²) >= 11 is 0. The Morgan fingerprint density at radius 1 is 1.29 bits per heavy atom. The Hall–Kier alpha value is -3.05. The first-order valence-corrected chi connectivity index (χ1v) is 9.71. The van der Waals surface area contributed by atoms with Crippen molar-refractivity contribution in [1.82, 2.24) is 19.7 Å². The Kier molecular flexibility index (Phi) is 5.40. The highest BCUT2D eigenvalue weighted by molar-refractivity contribution is 6.03. The second-order valence-corrected chi connectivity index (χ2v) is 7.71. The van der Waals surface area contributed by atoms with E-state index in [1.165, 1.54) is 12.3 Å². The van der Waals surface area contributed by atoms with Gasteiger partial charge in [-0.3, -0.25) is 9.48 Å². The highest BCUT2D eigenvalue weighted by atomic mass is 19.4. The fraction of sp³-hybridized carbons (Fsp3) is 0.400. The third kappa shape index (κ3) is 4.52. The van der Waals surface area contributed by atoms with Crippen molar-refractivity contribution < 1.29 is 28.2 Å². The number of aliphatic hydroxyl groups is 2. The van der Waals surface area contributed by atoms with Gasteiger partial charge in [-0.15, -0.1) is 0 Å². The number of amides is 1. The molecule has 11 heteroatoms. The molecule has 0 spiro atoms. The zero-order chi connectivity index (χ0) is 22.2. The summed E-state index contributed by atoms with van der Waals surface area (Å²) in [6.07, 6.45) is 0.861. The highest BCUT2D eigenvalue weighted by Crippen LogP contribution is 2.35. The molecule has 0 saturated heterocycles. The number of nitrogens with zero attached hydrogens (tertiary/aromatic N) is 4. The molecule has 3 N–H and O–H groups in total. The standard InChI is InChI=1S/C20H20F3N5O3/c21-20(22,23)16-3-1-2-14(25-16)18(30)26-17-8-12-10-28(27-15(12)9-24-17)13-4-6-19(31,11-29)7-5-13/h1-3,8-10,13,29,31H,4-7,11H2,(H,26,30)/t13-,19+. The van der Waals surface area contributed by atoms with Gasteiger partial charge in [0, 0.05) is 11.6 Å². The summed E-state index contributed by atoms with van der Waals surface area (Å²) in [7, 11) is 0. The van der Waals surface area contributed by atoms with Gasteiger partial charge in [-0.1, -0.05) is 6.07 Å². The number of hydrogen-bond donors (Lipinski definition) is 3. The van der Waals surface area contributed by atoms with E-state index in [9.17, 15) is 28.2 Å². The van der Waals surface area contributed by atoms with Gasteiger partial charge < -0.3 is 15.5 Å². The fourth-order valence-electron chi connectivity index (χ4n) is 3.66. The third-order valence-electron chi connectivity index (χ3n) is 5.48. The molecule has 1 amide bonds. The van der Waals surface area contributed by atoms with Gasteiger partial charge in [0.2, 0.25) is 0 Å². The fourth-order valence-corrected chi connectivity index (χ4v) is 3.66. The van der Waals surface area contributed by atoms with Gasteiger partial charge in [0.25, 0.3) is 5.91 Å². The molecular weight excluding hydrogens is 415 g/mol. The minimum atomic E-state index is -4.64. The minimum Gasteiger partial charge on any atom is -0.393 e. The van der Waals surface area contributed by atoms with E-state index in [4.69, 9.17) is 0 Å². The number of rotatable bonds is 4. The lowest BCUT2D eigenvalue weighted by Gasteiger charge is -2.34. The third-order valence-corrected chi connectivity index (χ3v) is 5.48. The Bertz CT molecular complexity index is 1110. The first-order valence-electron chi connectivity index (χ1n) is 9.71. The average molecular weight is 435 g/mol. The molecule has 4 rings (SSSR count). The van der Waals surface area contributed by atoms with Crippen LogP contribution in [0.3, 0.4) is 0 Å². The second-order valence-electron chi connectivity index (χ2n) is 7.71. The average Bonchev–Trinajstić information content (AvgIpc) is 3.17. The summed E-state index contributed by atoms with van der Waals surface area (Å²) in [5, 5.41) is 27.1. The largest absolute Gasteiger partial charge is 0.433 e. The maximum absolute atomic E-state index is 12.8. The molecule has 164 valence electrons. The number of halogens is 3. The van der Waals surface area contributed by atoms with Crippen LogP contribution in [-0.2, 0) is 6.18 Å². The molecule has 8 nitrogen and oxygen atoms in total. The Morgan fingerprint density at radius 2 is 2.03 bits per heavy atom. The van der Waals surface area contributed by atoms with Gasteiger partial charge in [-0.2, -0.15) is 18.3 Å². The highest BCUT2D eigenvalue weighted by Gasteiger charge is 2.34. The van der Waals surface area contributed by atoms with Crippen molar-refractivity contribution in [3.8, 4) is 0 Å². The molecule has 3 aromatic heterocycles. The lowest BCUT2D eigenvalue weighted by Crippen LogP contribution is -2.38. The smallest absolute Gasteiger partial charge is 0.393 e. The van der Waals surface area contributed by atoms with E-state index in [-0.39, 0.29) is 24.2 Å². The van der Waals surface area contributed by atoms with Crippen molar-refractivity contribution in [1.29, 1.82) is 0 Å². The molecule has 31 heavy (non-hydrogen) atoms. The van der Waals surface area contributed by atoms with Crippen LogP contribution >= 0.6 is 0 Å². The normalized spacial score (nSPS) is 21.9. The van der Waals surface area contributed by atoms with Crippen molar-refractivity contribution in [3.63, 3.8) is 0 Å². The van der Waals surface area contributed by atoms with Crippen molar-refractivity contribution in [2.45, 2.75) is 43.5 Å². The van der Waals surface area contributed by atoms with Crippen molar-refractivity contribution in [2.75, 3.05) is 11.9 Å². The Labute approximate surface area is 174 Å². The van der Waals surface area contributed by atoms with Crippen LogP contribution < -0.4 is 5.32 Å². The number of pyridine rings is 2. The zero-order valence-corrected chi connectivity index (χ0v) is 16.3. The van der Waals surface area contributed by atoms with E-state index in [1.54, 1.807) is 16.9 Å². The van der Waals surface area contributed by atoms with Crippen molar-refractivity contribution >= 4 is 22.6 Å². The molecule has 0 aliphatic heterocycles. The summed E-state index contributed by atoms with van der Waals surface area (Å²) in [6, 6.07) is 4.75. The number of carbonyl (C=O) groups is 1. The molecule has 1 fully saturated rings. The molecule has 1 aliphatic carbocycles. The number of alkyl halides is 3. The van der Waals surface area contributed by atoms with Crippen molar-refractivity contribution in [2.24, 2.45) is 0 Å². The monoisotopic (exact) mass is 435 g/mol. The number of nitrogens with one attached hydrogen (secondary N) is 1. The van der Waals surface area contributed by atoms with Crippen molar-refractivity contribution in [3.05, 3.63) is 48.0 Å². The summed E-state index contributed by atoms with van der Waals surface area (Å²) in [4.78, 5) is 19.8. The van der Waals surface area contributed by atoms with Crippen LogP contribution in [0.1, 0.15) is 47.9 Å². The van der Waals surface area contributed by atoms with Gasteiger partial charge in [0.05, 0.1) is 24.4 Å². The van der Waals surface area contributed by atoms with Crippen LogP contribution in [0.15, 0.2) is 36.7 Å². The first-order chi connectivity index (χ1) is 14.7.